The normalized spacial score (nSPS) is 16.9. The fraction of sp³-hybridized carbons (Fsp3) is 0.526. The van der Waals surface area contributed by atoms with Crippen LogP contribution in [0.3, 0.4) is 0 Å². The van der Waals surface area contributed by atoms with Crippen molar-refractivity contribution in [3.8, 4) is 5.88 Å². The van der Waals surface area contributed by atoms with Crippen LogP contribution in [0.25, 0.3) is 0 Å². The van der Waals surface area contributed by atoms with Gasteiger partial charge in [0.15, 0.2) is 5.96 Å². The van der Waals surface area contributed by atoms with E-state index in [2.05, 4.69) is 38.4 Å². The van der Waals surface area contributed by atoms with Gasteiger partial charge in [0.05, 0.1) is 12.8 Å². The van der Waals surface area contributed by atoms with E-state index in [0.717, 1.165) is 37.5 Å². The number of nitrogens with one attached hydrogen (secondary N) is 1. The number of aliphatic imine (C=N–C) groups is 1. The number of aromatic nitrogens is 3. The molecule has 1 saturated heterocycles. The lowest BCUT2D eigenvalue weighted by Crippen LogP contribution is -2.39. The average molecular weight is 484 g/mol. The van der Waals surface area contributed by atoms with Crippen LogP contribution in [0, 0.1) is 0 Å². The Balaban J connectivity index is 0.00000261. The maximum absolute atomic E-state index is 5.74. The molecule has 1 unspecified atom stereocenters. The number of nitrogens with zero attached hydrogens (tertiary/aromatic N) is 5. The Kier molecular flexibility index (Phi) is 8.33. The molecule has 148 valence electrons. The van der Waals surface area contributed by atoms with Crippen molar-refractivity contribution in [3.63, 3.8) is 0 Å². The van der Waals surface area contributed by atoms with Crippen molar-refractivity contribution < 1.29 is 4.74 Å². The Hall–Kier alpha value is -1.84. The van der Waals surface area contributed by atoms with E-state index < -0.39 is 0 Å². The third-order valence-electron chi connectivity index (χ3n) is 4.63. The maximum Gasteiger partial charge on any atom is 0.218 e. The third kappa shape index (κ3) is 5.57. The molecular weight excluding hydrogens is 455 g/mol. The summed E-state index contributed by atoms with van der Waals surface area (Å²) in [7, 11) is 3.79. The third-order valence-corrected chi connectivity index (χ3v) is 4.63. The van der Waals surface area contributed by atoms with Gasteiger partial charge in [-0.2, -0.15) is 5.10 Å². The van der Waals surface area contributed by atoms with Crippen LogP contribution in [-0.4, -0.2) is 52.4 Å². The number of likely N-dealkylation sites (tertiary alicyclic amines) is 1. The molecule has 8 heteroatoms. The van der Waals surface area contributed by atoms with Crippen LogP contribution in [0.5, 0.6) is 5.88 Å². The molecule has 0 radical (unpaired) electrons. The minimum atomic E-state index is 0. The van der Waals surface area contributed by atoms with Crippen molar-refractivity contribution in [1.82, 2.24) is 25.0 Å². The second-order valence-electron chi connectivity index (χ2n) is 6.60. The van der Waals surface area contributed by atoms with Crippen LogP contribution in [-0.2, 0) is 13.6 Å². The van der Waals surface area contributed by atoms with E-state index in [1.807, 2.05) is 37.1 Å². The van der Waals surface area contributed by atoms with Crippen molar-refractivity contribution in [2.75, 3.05) is 26.7 Å². The van der Waals surface area contributed by atoms with Gasteiger partial charge in [0, 0.05) is 57.6 Å². The molecule has 3 heterocycles. The van der Waals surface area contributed by atoms with Crippen LogP contribution in [0.1, 0.15) is 36.8 Å². The van der Waals surface area contributed by atoms with Gasteiger partial charge in [0.25, 0.3) is 0 Å². The summed E-state index contributed by atoms with van der Waals surface area (Å²) in [5.74, 6) is 2.12. The summed E-state index contributed by atoms with van der Waals surface area (Å²) in [4.78, 5) is 11.1. The van der Waals surface area contributed by atoms with Crippen molar-refractivity contribution >= 4 is 29.9 Å². The highest BCUT2D eigenvalue weighted by molar-refractivity contribution is 14.0. The van der Waals surface area contributed by atoms with Gasteiger partial charge in [-0.1, -0.05) is 13.0 Å². The summed E-state index contributed by atoms with van der Waals surface area (Å²) in [6.07, 6.45) is 7.93. The molecule has 1 atom stereocenters. The smallest absolute Gasteiger partial charge is 0.218 e. The molecule has 1 N–H and O–H groups in total. The molecule has 27 heavy (non-hydrogen) atoms. The molecule has 7 nitrogen and oxygen atoms in total. The van der Waals surface area contributed by atoms with Crippen LogP contribution in [0.2, 0.25) is 0 Å². The number of halogens is 1. The van der Waals surface area contributed by atoms with Crippen molar-refractivity contribution in [2.45, 2.75) is 32.2 Å². The molecule has 1 aliphatic rings. The van der Waals surface area contributed by atoms with E-state index in [1.54, 1.807) is 6.20 Å². The number of guanidine groups is 1. The lowest BCUT2D eigenvalue weighted by Gasteiger charge is -2.22. The van der Waals surface area contributed by atoms with Crippen molar-refractivity contribution in [3.05, 3.63) is 41.9 Å². The Labute approximate surface area is 178 Å². The molecule has 0 aliphatic carbocycles. The molecule has 3 rings (SSSR count). The average Bonchev–Trinajstić information content (AvgIpc) is 3.30. The number of ether oxygens (including phenoxy) is 1. The van der Waals surface area contributed by atoms with Crippen molar-refractivity contribution in [1.29, 1.82) is 0 Å². The van der Waals surface area contributed by atoms with Crippen LogP contribution in [0.4, 0.5) is 0 Å². The first-order chi connectivity index (χ1) is 12.7. The minimum Gasteiger partial charge on any atom is -0.477 e. The first-order valence-electron chi connectivity index (χ1n) is 9.22. The number of aryl methyl sites for hydroxylation is 1. The molecule has 1 fully saturated rings. The predicted octanol–water partition coefficient (Wildman–Crippen LogP) is 2.79. The molecule has 0 aromatic carbocycles. The van der Waals surface area contributed by atoms with E-state index >= 15 is 0 Å². The number of rotatable bonds is 6. The lowest BCUT2D eigenvalue weighted by atomic mass is 10.0. The van der Waals surface area contributed by atoms with Gasteiger partial charge in [-0.05, 0) is 24.5 Å². The zero-order chi connectivity index (χ0) is 18.4. The zero-order valence-electron chi connectivity index (χ0n) is 16.3. The van der Waals surface area contributed by atoms with Gasteiger partial charge in [0.1, 0.15) is 0 Å². The lowest BCUT2D eigenvalue weighted by molar-refractivity contribution is 0.301. The van der Waals surface area contributed by atoms with Gasteiger partial charge in [-0.3, -0.25) is 9.67 Å². The fourth-order valence-electron chi connectivity index (χ4n) is 3.27. The van der Waals surface area contributed by atoms with E-state index in [9.17, 15) is 0 Å². The summed E-state index contributed by atoms with van der Waals surface area (Å²) in [5.41, 5.74) is 2.35. The highest BCUT2D eigenvalue weighted by Crippen LogP contribution is 2.26. The van der Waals surface area contributed by atoms with Gasteiger partial charge in [-0.15, -0.1) is 24.0 Å². The highest BCUT2D eigenvalue weighted by atomic mass is 127. The Morgan fingerprint density at radius 3 is 3.00 bits per heavy atom. The van der Waals surface area contributed by atoms with E-state index in [0.29, 0.717) is 24.9 Å². The van der Waals surface area contributed by atoms with E-state index in [4.69, 9.17) is 4.74 Å². The number of pyridine rings is 1. The maximum atomic E-state index is 5.74. The largest absolute Gasteiger partial charge is 0.477 e. The molecule has 2 aromatic heterocycles. The Morgan fingerprint density at radius 1 is 1.44 bits per heavy atom. The zero-order valence-corrected chi connectivity index (χ0v) is 18.6. The molecule has 0 saturated carbocycles. The highest BCUT2D eigenvalue weighted by Gasteiger charge is 2.26. The number of hydrogen-bond donors (Lipinski definition) is 1. The number of hydrogen-bond acceptors (Lipinski definition) is 4. The monoisotopic (exact) mass is 484 g/mol. The van der Waals surface area contributed by atoms with Gasteiger partial charge < -0.3 is 15.0 Å². The van der Waals surface area contributed by atoms with Crippen LogP contribution in [0.15, 0.2) is 35.7 Å². The van der Waals surface area contributed by atoms with E-state index in [-0.39, 0.29) is 24.0 Å². The predicted molar refractivity (Wildman–Crippen MR) is 118 cm³/mol. The first-order valence-corrected chi connectivity index (χ1v) is 9.22. The summed E-state index contributed by atoms with van der Waals surface area (Å²) < 4.78 is 7.61. The standard InChI is InChI=1S/C19H28N6O.HI/c1-4-10-26-18-15(6-5-8-21-18)11-22-19(20-2)25-9-7-16(14-25)17-12-23-24(3)13-17;/h5-6,8,12-13,16H,4,7,9-11,14H2,1-3H3,(H,20,22);1H. The van der Waals surface area contributed by atoms with Crippen LogP contribution >= 0.6 is 24.0 Å². The van der Waals surface area contributed by atoms with E-state index in [1.165, 1.54) is 5.56 Å². The van der Waals surface area contributed by atoms with Gasteiger partial charge in [-0.25, -0.2) is 4.98 Å². The second kappa shape index (κ2) is 10.5. The minimum absolute atomic E-state index is 0. The molecule has 0 bridgehead atoms. The Bertz CT molecular complexity index is 747. The molecule has 1 aliphatic heterocycles. The molecular formula is C19H29IN6O. The summed E-state index contributed by atoms with van der Waals surface area (Å²) in [5, 5.41) is 7.75. The molecule has 2 aromatic rings. The summed E-state index contributed by atoms with van der Waals surface area (Å²) in [6.45, 7) is 5.36. The van der Waals surface area contributed by atoms with Gasteiger partial charge >= 0.3 is 0 Å². The second-order valence-corrected chi connectivity index (χ2v) is 6.60. The van der Waals surface area contributed by atoms with Gasteiger partial charge in [0.2, 0.25) is 5.88 Å². The molecule has 0 spiro atoms. The SMILES string of the molecule is CCCOc1ncccc1CNC(=NC)N1CCC(c2cnn(C)c2)C1.I. The van der Waals surface area contributed by atoms with Crippen LogP contribution < -0.4 is 10.1 Å². The summed E-state index contributed by atoms with van der Waals surface area (Å²) >= 11 is 0. The van der Waals surface area contributed by atoms with Crippen molar-refractivity contribution in [2.24, 2.45) is 12.0 Å². The molecule has 0 amide bonds. The summed E-state index contributed by atoms with van der Waals surface area (Å²) in [6, 6.07) is 3.98. The first kappa shape index (κ1) is 21.5. The fourth-order valence-corrected chi connectivity index (χ4v) is 3.27. The topological polar surface area (TPSA) is 67.6 Å². The Morgan fingerprint density at radius 2 is 2.30 bits per heavy atom. The quantitative estimate of drug-likeness (QED) is 0.388.